The molecule has 1 aromatic rings. The van der Waals surface area contributed by atoms with Gasteiger partial charge in [-0.3, -0.25) is 14.5 Å². The second kappa shape index (κ2) is 6.03. The molecule has 8 nitrogen and oxygen atoms in total. The van der Waals surface area contributed by atoms with Gasteiger partial charge in [-0.1, -0.05) is 6.07 Å². The maximum Gasteiger partial charge on any atom is 0.325 e. The minimum absolute atomic E-state index is 0.173. The normalized spacial score (nSPS) is 21.8. The average molecular weight is 333 g/mol. The first-order valence-corrected chi connectivity index (χ1v) is 7.72. The number of carbonyl (C=O) groups excluding carboxylic acids is 3. The van der Waals surface area contributed by atoms with Crippen LogP contribution in [0.5, 0.6) is 11.5 Å². The Labute approximate surface area is 139 Å². The summed E-state index contributed by atoms with van der Waals surface area (Å²) < 4.78 is 10.6. The van der Waals surface area contributed by atoms with Crippen LogP contribution in [0.3, 0.4) is 0 Å². The highest BCUT2D eigenvalue weighted by molar-refractivity contribution is 6.08. The van der Waals surface area contributed by atoms with Gasteiger partial charge in [0.15, 0.2) is 11.5 Å². The van der Waals surface area contributed by atoms with E-state index in [-0.39, 0.29) is 19.2 Å². The molecule has 0 unspecified atom stereocenters. The van der Waals surface area contributed by atoms with E-state index in [1.165, 1.54) is 0 Å². The smallest absolute Gasteiger partial charge is 0.325 e. The Kier molecular flexibility index (Phi) is 4.04. The number of rotatable bonds is 5. The molecule has 4 amide bonds. The lowest BCUT2D eigenvalue weighted by Gasteiger charge is -2.21. The van der Waals surface area contributed by atoms with Gasteiger partial charge >= 0.3 is 6.03 Å². The number of carbonyl (C=O) groups is 3. The topological polar surface area (TPSA) is 97.0 Å². The van der Waals surface area contributed by atoms with E-state index in [9.17, 15) is 14.4 Å². The van der Waals surface area contributed by atoms with Gasteiger partial charge in [0.05, 0.1) is 0 Å². The lowest BCUT2D eigenvalue weighted by atomic mass is 9.92. The zero-order valence-electron chi connectivity index (χ0n) is 13.5. The van der Waals surface area contributed by atoms with Crippen LogP contribution in [0.15, 0.2) is 18.2 Å². The van der Waals surface area contributed by atoms with Crippen LogP contribution >= 0.6 is 0 Å². The molecule has 0 saturated carbocycles. The summed E-state index contributed by atoms with van der Waals surface area (Å²) in [5.41, 5.74) is -0.271. The van der Waals surface area contributed by atoms with E-state index >= 15 is 0 Å². The van der Waals surface area contributed by atoms with Crippen LogP contribution in [0.25, 0.3) is 0 Å². The Morgan fingerprint density at radius 2 is 2.08 bits per heavy atom. The molecule has 1 atom stereocenters. The molecule has 2 aliphatic heterocycles. The second-order valence-corrected chi connectivity index (χ2v) is 5.97. The van der Waals surface area contributed by atoms with E-state index in [0.29, 0.717) is 24.5 Å². The van der Waals surface area contributed by atoms with Crippen LogP contribution in [-0.2, 0) is 16.0 Å². The van der Waals surface area contributed by atoms with Crippen molar-refractivity contribution in [1.82, 2.24) is 15.5 Å². The van der Waals surface area contributed by atoms with Crippen molar-refractivity contribution in [1.29, 1.82) is 0 Å². The van der Waals surface area contributed by atoms with E-state index in [0.717, 1.165) is 10.5 Å². The molecule has 2 N–H and O–H groups in total. The zero-order valence-corrected chi connectivity index (χ0v) is 13.5. The molecule has 3 rings (SSSR count). The Bertz CT molecular complexity index is 705. The number of nitrogens with zero attached hydrogens (tertiary/aromatic N) is 1. The number of benzene rings is 1. The van der Waals surface area contributed by atoms with E-state index in [1.807, 2.05) is 6.07 Å². The first-order valence-electron chi connectivity index (χ1n) is 7.72. The maximum absolute atomic E-state index is 12.6. The van der Waals surface area contributed by atoms with Gasteiger partial charge in [-0.15, -0.1) is 0 Å². The Morgan fingerprint density at radius 3 is 2.83 bits per heavy atom. The third-order valence-corrected chi connectivity index (χ3v) is 4.02. The number of fused-ring (bicyclic) bond motifs is 1. The van der Waals surface area contributed by atoms with E-state index in [4.69, 9.17) is 9.47 Å². The number of urea groups is 1. The molecule has 2 heterocycles. The largest absolute Gasteiger partial charge is 0.454 e. The molecule has 0 spiro atoms. The molecular formula is C16H19N3O5. The van der Waals surface area contributed by atoms with Gasteiger partial charge < -0.3 is 20.1 Å². The zero-order chi connectivity index (χ0) is 17.3. The molecular weight excluding hydrogens is 314 g/mol. The highest BCUT2D eigenvalue weighted by Crippen LogP contribution is 2.34. The number of amides is 4. The van der Waals surface area contributed by atoms with Crippen molar-refractivity contribution in [2.45, 2.75) is 25.8 Å². The average Bonchev–Trinajstić information content (AvgIpc) is 3.06. The summed E-state index contributed by atoms with van der Waals surface area (Å²) in [6.45, 7) is 3.75. The fourth-order valence-corrected chi connectivity index (χ4v) is 2.87. The molecule has 128 valence electrons. The molecule has 8 heteroatoms. The van der Waals surface area contributed by atoms with Crippen LogP contribution in [0.1, 0.15) is 19.4 Å². The van der Waals surface area contributed by atoms with E-state index in [1.54, 1.807) is 26.0 Å². The minimum atomic E-state index is -1.10. The van der Waals surface area contributed by atoms with Crippen molar-refractivity contribution in [2.75, 3.05) is 19.9 Å². The standard InChI is InChI=1S/C16H19N3O5/c1-3-17-13(20)8-19-14(21)16(2,18-15(19)22)7-10-4-5-11-12(6-10)24-9-23-11/h4-6H,3,7-9H2,1-2H3,(H,17,20)(H,18,22)/t16-/m0/s1. The molecule has 0 radical (unpaired) electrons. The molecule has 1 saturated heterocycles. The van der Waals surface area contributed by atoms with Crippen molar-refractivity contribution >= 4 is 17.8 Å². The van der Waals surface area contributed by atoms with Gasteiger partial charge in [-0.05, 0) is 31.5 Å². The predicted octanol–water partition coefficient (Wildman–Crippen LogP) is 0.404. The third kappa shape index (κ3) is 2.86. The summed E-state index contributed by atoms with van der Waals surface area (Å²) in [6.07, 6.45) is 0.292. The molecule has 0 bridgehead atoms. The molecule has 0 aliphatic carbocycles. The number of nitrogens with one attached hydrogen (secondary N) is 2. The molecule has 0 aromatic heterocycles. The first kappa shape index (κ1) is 16.1. The van der Waals surface area contributed by atoms with Gasteiger partial charge in [-0.2, -0.15) is 0 Å². The lowest BCUT2D eigenvalue weighted by molar-refractivity contribution is -0.134. The molecule has 2 aliphatic rings. The highest BCUT2D eigenvalue weighted by atomic mass is 16.7. The van der Waals surface area contributed by atoms with Crippen LogP contribution in [0.4, 0.5) is 4.79 Å². The van der Waals surface area contributed by atoms with E-state index < -0.39 is 17.5 Å². The number of hydrogen-bond acceptors (Lipinski definition) is 5. The van der Waals surface area contributed by atoms with Gasteiger partial charge in [0, 0.05) is 13.0 Å². The maximum atomic E-state index is 12.6. The summed E-state index contributed by atoms with van der Waals surface area (Å²) >= 11 is 0. The van der Waals surface area contributed by atoms with Crippen LogP contribution in [-0.4, -0.2) is 48.2 Å². The van der Waals surface area contributed by atoms with Crippen molar-refractivity contribution in [3.8, 4) is 11.5 Å². The van der Waals surface area contributed by atoms with Crippen molar-refractivity contribution < 1.29 is 23.9 Å². The first-order chi connectivity index (χ1) is 11.4. The summed E-state index contributed by atoms with van der Waals surface area (Å²) in [6, 6.07) is 4.83. The number of hydrogen-bond donors (Lipinski definition) is 2. The number of imide groups is 1. The second-order valence-electron chi connectivity index (χ2n) is 5.97. The fourth-order valence-electron chi connectivity index (χ4n) is 2.87. The Balaban J connectivity index is 1.74. The van der Waals surface area contributed by atoms with Gasteiger partial charge in [-0.25, -0.2) is 4.79 Å². The molecule has 1 fully saturated rings. The number of ether oxygens (including phenoxy) is 2. The SMILES string of the molecule is CCNC(=O)CN1C(=O)N[C@@](C)(Cc2ccc3c(c2)OCO3)C1=O. The van der Waals surface area contributed by atoms with Gasteiger partial charge in [0.25, 0.3) is 5.91 Å². The molecule has 1 aromatic carbocycles. The van der Waals surface area contributed by atoms with Crippen LogP contribution < -0.4 is 20.1 Å². The lowest BCUT2D eigenvalue weighted by Crippen LogP contribution is -2.46. The van der Waals surface area contributed by atoms with Crippen molar-refractivity contribution in [3.05, 3.63) is 23.8 Å². The fraction of sp³-hybridized carbons (Fsp3) is 0.438. The Morgan fingerprint density at radius 1 is 1.33 bits per heavy atom. The van der Waals surface area contributed by atoms with Crippen LogP contribution in [0, 0.1) is 0 Å². The number of likely N-dealkylation sites (N-methyl/N-ethyl adjacent to an activating group) is 1. The van der Waals surface area contributed by atoms with Crippen molar-refractivity contribution in [3.63, 3.8) is 0 Å². The third-order valence-electron chi connectivity index (χ3n) is 4.02. The summed E-state index contributed by atoms with van der Waals surface area (Å²) in [5.74, 6) is 0.486. The predicted molar refractivity (Wildman–Crippen MR) is 83.6 cm³/mol. The highest BCUT2D eigenvalue weighted by Gasteiger charge is 2.48. The van der Waals surface area contributed by atoms with Crippen molar-refractivity contribution in [2.24, 2.45) is 0 Å². The quantitative estimate of drug-likeness (QED) is 0.761. The van der Waals surface area contributed by atoms with Gasteiger partial charge in [0.1, 0.15) is 12.1 Å². The summed E-state index contributed by atoms with van der Waals surface area (Å²) in [4.78, 5) is 37.3. The van der Waals surface area contributed by atoms with Crippen LogP contribution in [0.2, 0.25) is 0 Å². The minimum Gasteiger partial charge on any atom is -0.454 e. The van der Waals surface area contributed by atoms with Gasteiger partial charge in [0.2, 0.25) is 12.7 Å². The summed E-state index contributed by atoms with van der Waals surface area (Å²) in [7, 11) is 0. The van der Waals surface area contributed by atoms with E-state index in [2.05, 4.69) is 10.6 Å². The Hall–Kier alpha value is -2.77. The monoisotopic (exact) mass is 333 g/mol. The summed E-state index contributed by atoms with van der Waals surface area (Å²) in [5, 5.41) is 5.25. The molecule has 24 heavy (non-hydrogen) atoms.